The van der Waals surface area contributed by atoms with Crippen molar-refractivity contribution >= 4 is 60.6 Å². The van der Waals surface area contributed by atoms with Gasteiger partial charge in [-0.25, -0.2) is 0 Å². The molecule has 0 atom stereocenters. The minimum Gasteiger partial charge on any atom is -0.289 e. The Kier molecular flexibility index (Phi) is 3.87. The molecule has 0 fully saturated rings. The summed E-state index contributed by atoms with van der Waals surface area (Å²) in [6, 6.07) is 12.7. The Morgan fingerprint density at radius 2 is 1.75 bits per heavy atom. The fourth-order valence-electron chi connectivity index (χ4n) is 1.92. The predicted molar refractivity (Wildman–Crippen MR) is 91.3 cm³/mol. The van der Waals surface area contributed by atoms with Crippen molar-refractivity contribution in [2.24, 2.45) is 0 Å². The second-order valence-corrected chi connectivity index (χ2v) is 7.06. The first-order chi connectivity index (χ1) is 9.54. The summed E-state index contributed by atoms with van der Waals surface area (Å²) in [4.78, 5) is 13.1. The van der Waals surface area contributed by atoms with Gasteiger partial charge in [0.1, 0.15) is 0 Å². The molecule has 0 amide bonds. The molecule has 0 saturated carbocycles. The summed E-state index contributed by atoms with van der Waals surface area (Å²) in [5.74, 6) is 0. The van der Waals surface area contributed by atoms with E-state index in [1.807, 2.05) is 24.3 Å². The van der Waals surface area contributed by atoms with Crippen molar-refractivity contribution in [2.45, 2.75) is 0 Å². The summed E-state index contributed by atoms with van der Waals surface area (Å²) in [5, 5.41) is 1.71. The van der Waals surface area contributed by atoms with Crippen LogP contribution in [0.25, 0.3) is 20.5 Å². The molecule has 3 aromatic rings. The molecule has 2 aromatic carbocycles. The molecular weight excluding hydrogens is 379 g/mol. The number of rotatable bonds is 1. The summed E-state index contributed by atoms with van der Waals surface area (Å²) < 4.78 is 1.85. The number of fused-ring (bicyclic) bond motifs is 1. The van der Waals surface area contributed by atoms with Crippen molar-refractivity contribution in [1.29, 1.82) is 0 Å². The van der Waals surface area contributed by atoms with Gasteiger partial charge in [-0.15, -0.1) is 11.3 Å². The van der Waals surface area contributed by atoms with E-state index >= 15 is 0 Å². The maximum Gasteiger partial charge on any atom is 0.188 e. The highest BCUT2D eigenvalue weighted by molar-refractivity contribution is 9.10. The highest BCUT2D eigenvalue weighted by Gasteiger charge is 2.07. The molecule has 0 radical (unpaired) electrons. The van der Waals surface area contributed by atoms with E-state index in [1.54, 1.807) is 29.5 Å². The van der Waals surface area contributed by atoms with E-state index in [1.165, 1.54) is 0 Å². The van der Waals surface area contributed by atoms with Crippen LogP contribution in [0.3, 0.4) is 0 Å². The van der Waals surface area contributed by atoms with E-state index in [-0.39, 0.29) is 5.43 Å². The first-order valence-corrected chi connectivity index (χ1v) is 8.10. The van der Waals surface area contributed by atoms with Crippen LogP contribution in [0.5, 0.6) is 0 Å². The van der Waals surface area contributed by atoms with Gasteiger partial charge in [-0.2, -0.15) is 0 Å². The smallest absolute Gasteiger partial charge is 0.188 e. The van der Waals surface area contributed by atoms with Crippen LogP contribution >= 0.6 is 50.5 Å². The fourth-order valence-corrected chi connectivity index (χ4v) is 3.63. The van der Waals surface area contributed by atoms with Gasteiger partial charge in [-0.3, -0.25) is 4.79 Å². The van der Waals surface area contributed by atoms with E-state index in [0.717, 1.165) is 19.6 Å². The molecule has 0 spiro atoms. The maximum absolute atomic E-state index is 12.2. The molecule has 1 aromatic heterocycles. The fraction of sp³-hybridized carbons (Fsp3) is 0. The van der Waals surface area contributed by atoms with Gasteiger partial charge in [0.25, 0.3) is 0 Å². The molecule has 0 bridgehead atoms. The monoisotopic (exact) mass is 384 g/mol. The first kappa shape index (κ1) is 14.1. The van der Waals surface area contributed by atoms with Gasteiger partial charge in [0.05, 0.1) is 10.0 Å². The van der Waals surface area contributed by atoms with Crippen molar-refractivity contribution in [3.8, 4) is 10.4 Å². The van der Waals surface area contributed by atoms with E-state index in [2.05, 4.69) is 15.9 Å². The van der Waals surface area contributed by atoms with Crippen molar-refractivity contribution in [3.63, 3.8) is 0 Å². The van der Waals surface area contributed by atoms with Crippen molar-refractivity contribution < 1.29 is 0 Å². The summed E-state index contributed by atoms with van der Waals surface area (Å²) in [6.07, 6.45) is 0. The molecule has 100 valence electrons. The van der Waals surface area contributed by atoms with Crippen LogP contribution in [-0.2, 0) is 0 Å². The Balaban J connectivity index is 2.24. The van der Waals surface area contributed by atoms with Gasteiger partial charge < -0.3 is 0 Å². The second-order valence-electron chi connectivity index (χ2n) is 4.24. The SMILES string of the molecule is O=c1cc(-c2ccc(Cl)c(Cl)c2)sc2ccc(Br)cc12. The molecule has 20 heavy (non-hydrogen) atoms. The molecule has 0 saturated heterocycles. The van der Waals surface area contributed by atoms with Crippen LogP contribution in [-0.4, -0.2) is 0 Å². The molecule has 0 aliphatic heterocycles. The average molecular weight is 386 g/mol. The van der Waals surface area contributed by atoms with Crippen LogP contribution in [0.15, 0.2) is 51.7 Å². The van der Waals surface area contributed by atoms with Crippen LogP contribution in [0.1, 0.15) is 0 Å². The van der Waals surface area contributed by atoms with Gasteiger partial charge in [-0.05, 0) is 35.9 Å². The second kappa shape index (κ2) is 5.49. The summed E-state index contributed by atoms with van der Waals surface area (Å²) >= 11 is 16.9. The topological polar surface area (TPSA) is 17.1 Å². The van der Waals surface area contributed by atoms with E-state index < -0.39 is 0 Å². The summed E-state index contributed by atoms with van der Waals surface area (Å²) in [5.41, 5.74) is 0.896. The quantitative estimate of drug-likeness (QED) is 0.502. The summed E-state index contributed by atoms with van der Waals surface area (Å²) in [6.45, 7) is 0. The van der Waals surface area contributed by atoms with Crippen LogP contribution in [0.4, 0.5) is 0 Å². The Morgan fingerprint density at radius 1 is 0.950 bits per heavy atom. The first-order valence-electron chi connectivity index (χ1n) is 5.73. The third-order valence-electron chi connectivity index (χ3n) is 2.89. The lowest BCUT2D eigenvalue weighted by Crippen LogP contribution is -1.98. The van der Waals surface area contributed by atoms with Crippen LogP contribution in [0, 0.1) is 0 Å². The average Bonchev–Trinajstić information content (AvgIpc) is 2.42. The Labute approximate surface area is 137 Å². The Hall–Kier alpha value is -0.870. The zero-order valence-corrected chi connectivity index (χ0v) is 13.9. The predicted octanol–water partition coefficient (Wildman–Crippen LogP) is 6.00. The lowest BCUT2D eigenvalue weighted by Gasteiger charge is -2.04. The highest BCUT2D eigenvalue weighted by atomic mass is 79.9. The molecular formula is C15H7BrCl2OS. The molecule has 0 aliphatic carbocycles. The normalized spacial score (nSPS) is 10.9. The number of benzene rings is 2. The van der Waals surface area contributed by atoms with Crippen LogP contribution < -0.4 is 5.43 Å². The van der Waals surface area contributed by atoms with Crippen LogP contribution in [0.2, 0.25) is 10.0 Å². The van der Waals surface area contributed by atoms with Crippen molar-refractivity contribution in [1.82, 2.24) is 0 Å². The number of halogens is 3. The third-order valence-corrected chi connectivity index (χ3v) is 5.27. The minimum atomic E-state index is 0.00104. The largest absolute Gasteiger partial charge is 0.289 e. The van der Waals surface area contributed by atoms with Gasteiger partial charge in [0, 0.05) is 25.5 Å². The molecule has 3 rings (SSSR count). The van der Waals surface area contributed by atoms with E-state index in [0.29, 0.717) is 15.4 Å². The molecule has 0 unspecified atom stereocenters. The Bertz CT molecular complexity index is 873. The van der Waals surface area contributed by atoms with Gasteiger partial charge >= 0.3 is 0 Å². The van der Waals surface area contributed by atoms with Crippen molar-refractivity contribution in [2.75, 3.05) is 0 Å². The number of hydrogen-bond donors (Lipinski definition) is 0. The van der Waals surface area contributed by atoms with Crippen molar-refractivity contribution in [3.05, 3.63) is 67.2 Å². The maximum atomic E-state index is 12.2. The van der Waals surface area contributed by atoms with Gasteiger partial charge in [-0.1, -0.05) is 45.2 Å². The Morgan fingerprint density at radius 3 is 2.50 bits per heavy atom. The zero-order chi connectivity index (χ0) is 14.3. The van der Waals surface area contributed by atoms with Gasteiger partial charge in [0.2, 0.25) is 0 Å². The highest BCUT2D eigenvalue weighted by Crippen LogP contribution is 2.32. The minimum absolute atomic E-state index is 0.00104. The molecule has 0 N–H and O–H groups in total. The molecule has 1 heterocycles. The molecule has 1 nitrogen and oxygen atoms in total. The lowest BCUT2D eigenvalue weighted by molar-refractivity contribution is 1.65. The van der Waals surface area contributed by atoms with Gasteiger partial charge in [0.15, 0.2) is 5.43 Å². The standard InChI is InChI=1S/C15H7BrCl2OS/c16-9-2-4-14-10(6-9)13(19)7-15(20-14)8-1-3-11(17)12(18)5-8/h1-7H. The van der Waals surface area contributed by atoms with E-state index in [9.17, 15) is 4.79 Å². The van der Waals surface area contributed by atoms with E-state index in [4.69, 9.17) is 23.2 Å². The lowest BCUT2D eigenvalue weighted by atomic mass is 10.1. The zero-order valence-electron chi connectivity index (χ0n) is 9.99. The number of hydrogen-bond acceptors (Lipinski definition) is 2. The molecule has 5 heteroatoms. The molecule has 0 aliphatic rings. The summed E-state index contributed by atoms with van der Waals surface area (Å²) in [7, 11) is 0. The third kappa shape index (κ3) is 2.63.